The normalized spacial score (nSPS) is 11.8. The molecule has 0 spiro atoms. The van der Waals surface area contributed by atoms with Gasteiger partial charge in [0.05, 0.1) is 0 Å². The van der Waals surface area contributed by atoms with E-state index in [0.717, 1.165) is 0 Å². The lowest BCUT2D eigenvalue weighted by molar-refractivity contribution is -0.142. The number of amides is 1. The average molecular weight is 232 g/mol. The Bertz CT molecular complexity index is 267. The Morgan fingerprint density at radius 1 is 1.19 bits per heavy atom. The van der Waals surface area contributed by atoms with E-state index in [1.807, 2.05) is 0 Å². The van der Waals surface area contributed by atoms with E-state index < -0.39 is 23.9 Å². The highest BCUT2D eigenvalue weighted by Crippen LogP contribution is 1.97. The number of hydrogen-bond donors (Lipinski definition) is 4. The molecule has 0 aliphatic carbocycles. The van der Waals surface area contributed by atoms with Gasteiger partial charge < -0.3 is 21.3 Å². The molecule has 0 aromatic carbocycles. The smallest absolute Gasteiger partial charge is 0.326 e. The van der Waals surface area contributed by atoms with Crippen LogP contribution in [0.25, 0.3) is 0 Å². The molecule has 0 aromatic heterocycles. The van der Waals surface area contributed by atoms with E-state index >= 15 is 0 Å². The predicted octanol–water partition coefficient (Wildman–Crippen LogP) is -0.840. The van der Waals surface area contributed by atoms with Crippen molar-refractivity contribution in [3.05, 3.63) is 0 Å². The summed E-state index contributed by atoms with van der Waals surface area (Å²) in [6.07, 6.45) is 0.235. The van der Waals surface area contributed by atoms with E-state index in [4.69, 9.17) is 15.9 Å². The van der Waals surface area contributed by atoms with E-state index in [1.54, 1.807) is 0 Å². The molecule has 0 saturated heterocycles. The van der Waals surface area contributed by atoms with Crippen LogP contribution in [0.15, 0.2) is 0 Å². The van der Waals surface area contributed by atoms with E-state index in [1.165, 1.54) is 0 Å². The number of hydrogen-bond acceptors (Lipinski definition) is 4. The first-order chi connectivity index (χ1) is 7.47. The first-order valence-corrected chi connectivity index (χ1v) is 4.91. The van der Waals surface area contributed by atoms with Crippen LogP contribution in [0.4, 0.5) is 0 Å². The van der Waals surface area contributed by atoms with Crippen molar-refractivity contribution >= 4 is 17.8 Å². The first-order valence-electron chi connectivity index (χ1n) is 4.91. The fraction of sp³-hybridized carbons (Fsp3) is 0.667. The predicted molar refractivity (Wildman–Crippen MR) is 54.7 cm³/mol. The molecule has 0 bridgehead atoms. The lowest BCUT2D eigenvalue weighted by Crippen LogP contribution is -2.41. The molecular weight excluding hydrogens is 216 g/mol. The molecule has 0 unspecified atom stereocenters. The Labute approximate surface area is 92.6 Å². The first kappa shape index (κ1) is 14.4. The van der Waals surface area contributed by atoms with Crippen LogP contribution in [0.3, 0.4) is 0 Å². The molecular formula is C9H16N2O5. The van der Waals surface area contributed by atoms with Gasteiger partial charge in [0.1, 0.15) is 6.04 Å². The minimum Gasteiger partial charge on any atom is -0.481 e. The highest BCUT2D eigenvalue weighted by Gasteiger charge is 2.18. The van der Waals surface area contributed by atoms with Crippen LogP contribution >= 0.6 is 0 Å². The van der Waals surface area contributed by atoms with Gasteiger partial charge in [-0.2, -0.15) is 0 Å². The summed E-state index contributed by atoms with van der Waals surface area (Å²) in [6, 6.07) is -0.998. The molecule has 0 rings (SSSR count). The van der Waals surface area contributed by atoms with Gasteiger partial charge >= 0.3 is 11.9 Å². The van der Waals surface area contributed by atoms with Gasteiger partial charge in [-0.05, 0) is 19.4 Å². The zero-order valence-corrected chi connectivity index (χ0v) is 8.81. The van der Waals surface area contributed by atoms with Crippen LogP contribution in [-0.4, -0.2) is 40.6 Å². The van der Waals surface area contributed by atoms with Gasteiger partial charge in [0.25, 0.3) is 0 Å². The number of carbonyl (C=O) groups excluding carboxylic acids is 1. The van der Waals surface area contributed by atoms with Crippen LogP contribution in [0.5, 0.6) is 0 Å². The standard InChI is InChI=1S/C9H16N2O5/c10-5-4-6(9(15)16)11-7(12)2-1-3-8(13)14/h6H,1-5,10H2,(H,11,12)(H,13,14)(H,15,16)/t6-/m1/s1. The molecule has 0 aliphatic heterocycles. The Morgan fingerprint density at radius 3 is 2.25 bits per heavy atom. The molecule has 92 valence electrons. The molecule has 7 nitrogen and oxygen atoms in total. The zero-order chi connectivity index (χ0) is 12.6. The van der Waals surface area contributed by atoms with Gasteiger partial charge in [-0.25, -0.2) is 4.79 Å². The van der Waals surface area contributed by atoms with Crippen LogP contribution in [0, 0.1) is 0 Å². The van der Waals surface area contributed by atoms with Crippen molar-refractivity contribution in [3.8, 4) is 0 Å². The number of carboxylic acids is 2. The lowest BCUT2D eigenvalue weighted by Gasteiger charge is -2.12. The molecule has 5 N–H and O–H groups in total. The highest BCUT2D eigenvalue weighted by atomic mass is 16.4. The van der Waals surface area contributed by atoms with E-state index in [9.17, 15) is 14.4 Å². The second-order valence-corrected chi connectivity index (χ2v) is 3.28. The van der Waals surface area contributed by atoms with Gasteiger partial charge in [0, 0.05) is 12.8 Å². The van der Waals surface area contributed by atoms with Crippen molar-refractivity contribution < 1.29 is 24.6 Å². The Hall–Kier alpha value is -1.63. The molecule has 1 atom stereocenters. The number of carbonyl (C=O) groups is 3. The summed E-state index contributed by atoms with van der Waals surface area (Å²) in [7, 11) is 0. The fourth-order valence-electron chi connectivity index (χ4n) is 1.09. The summed E-state index contributed by atoms with van der Waals surface area (Å²) in [6.45, 7) is 0.159. The van der Waals surface area contributed by atoms with Gasteiger partial charge in [0.2, 0.25) is 5.91 Å². The molecule has 7 heteroatoms. The van der Waals surface area contributed by atoms with E-state index in [-0.39, 0.29) is 32.2 Å². The van der Waals surface area contributed by atoms with Gasteiger partial charge in [-0.1, -0.05) is 0 Å². The Kier molecular flexibility index (Phi) is 6.86. The van der Waals surface area contributed by atoms with E-state index in [0.29, 0.717) is 0 Å². The van der Waals surface area contributed by atoms with Gasteiger partial charge in [0.15, 0.2) is 0 Å². The third-order valence-electron chi connectivity index (χ3n) is 1.88. The number of nitrogens with one attached hydrogen (secondary N) is 1. The molecule has 0 fully saturated rings. The summed E-state index contributed by atoms with van der Waals surface area (Å²) in [5.41, 5.74) is 5.19. The second kappa shape index (κ2) is 7.63. The summed E-state index contributed by atoms with van der Waals surface area (Å²) in [5.74, 6) is -2.59. The molecule has 0 aromatic rings. The quantitative estimate of drug-likeness (QED) is 0.431. The number of nitrogens with two attached hydrogens (primary N) is 1. The fourth-order valence-corrected chi connectivity index (χ4v) is 1.09. The Morgan fingerprint density at radius 2 is 1.81 bits per heavy atom. The molecule has 1 amide bonds. The minimum absolute atomic E-state index is 0.000646. The molecule has 0 heterocycles. The van der Waals surface area contributed by atoms with Crippen molar-refractivity contribution in [1.29, 1.82) is 0 Å². The third kappa shape index (κ3) is 6.77. The van der Waals surface area contributed by atoms with Crippen molar-refractivity contribution in [1.82, 2.24) is 5.32 Å². The number of aliphatic carboxylic acids is 2. The van der Waals surface area contributed by atoms with Crippen molar-refractivity contribution in [3.63, 3.8) is 0 Å². The zero-order valence-electron chi connectivity index (χ0n) is 8.81. The topological polar surface area (TPSA) is 130 Å². The number of carboxylic acid groups (broad SMARTS) is 2. The number of rotatable bonds is 8. The van der Waals surface area contributed by atoms with Crippen LogP contribution in [-0.2, 0) is 14.4 Å². The van der Waals surface area contributed by atoms with Crippen molar-refractivity contribution in [2.75, 3.05) is 6.54 Å². The summed E-state index contributed by atoms with van der Waals surface area (Å²) < 4.78 is 0. The van der Waals surface area contributed by atoms with E-state index in [2.05, 4.69) is 5.32 Å². The maximum atomic E-state index is 11.2. The summed E-state index contributed by atoms with van der Waals surface area (Å²) in [5, 5.41) is 19.3. The minimum atomic E-state index is -1.14. The van der Waals surface area contributed by atoms with Gasteiger partial charge in [-0.15, -0.1) is 0 Å². The third-order valence-corrected chi connectivity index (χ3v) is 1.88. The summed E-state index contributed by atoms with van der Waals surface area (Å²) >= 11 is 0. The molecule has 0 aliphatic rings. The Balaban J connectivity index is 3.90. The molecule has 16 heavy (non-hydrogen) atoms. The van der Waals surface area contributed by atoms with Gasteiger partial charge in [-0.3, -0.25) is 9.59 Å². The van der Waals surface area contributed by atoms with Crippen LogP contribution < -0.4 is 11.1 Å². The maximum Gasteiger partial charge on any atom is 0.326 e. The van der Waals surface area contributed by atoms with Crippen LogP contribution in [0.1, 0.15) is 25.7 Å². The maximum absolute atomic E-state index is 11.2. The highest BCUT2D eigenvalue weighted by molar-refractivity contribution is 5.83. The largest absolute Gasteiger partial charge is 0.481 e. The second-order valence-electron chi connectivity index (χ2n) is 3.28. The lowest BCUT2D eigenvalue weighted by atomic mass is 10.2. The van der Waals surface area contributed by atoms with Crippen molar-refractivity contribution in [2.24, 2.45) is 5.73 Å². The average Bonchev–Trinajstić information content (AvgIpc) is 2.16. The summed E-state index contributed by atoms with van der Waals surface area (Å²) in [4.78, 5) is 32.0. The monoisotopic (exact) mass is 232 g/mol. The SMILES string of the molecule is NCC[C@@H](NC(=O)CCCC(=O)O)C(=O)O. The van der Waals surface area contributed by atoms with Crippen LogP contribution in [0.2, 0.25) is 0 Å². The molecule has 0 radical (unpaired) electrons. The molecule has 0 saturated carbocycles. The van der Waals surface area contributed by atoms with Crippen molar-refractivity contribution in [2.45, 2.75) is 31.7 Å².